The average molecular weight is 533 g/mol. The number of anilines is 6. The monoisotopic (exact) mass is 532 g/mol. The van der Waals surface area contributed by atoms with Gasteiger partial charge in [0.25, 0.3) is 6.71 Å². The Morgan fingerprint density at radius 1 is 0.439 bits per heavy atom. The van der Waals surface area contributed by atoms with Crippen molar-refractivity contribution in [2.24, 2.45) is 0 Å². The predicted octanol–water partition coefficient (Wildman–Crippen LogP) is 8.36. The summed E-state index contributed by atoms with van der Waals surface area (Å²) in [6.07, 6.45) is 0. The number of para-hydroxylation sites is 2. The fourth-order valence-electron chi connectivity index (χ4n) is 6.59. The van der Waals surface area contributed by atoms with Crippen molar-refractivity contribution in [2.45, 2.75) is 52.4 Å². The highest BCUT2D eigenvalue weighted by Crippen LogP contribution is 2.44. The van der Waals surface area contributed by atoms with Gasteiger partial charge in [-0.3, -0.25) is 0 Å². The molecule has 2 nitrogen and oxygen atoms in total. The Morgan fingerprint density at radius 2 is 0.951 bits per heavy atom. The molecule has 5 aromatic carbocycles. The molecule has 0 unspecified atom stereocenters. The van der Waals surface area contributed by atoms with Gasteiger partial charge in [0.1, 0.15) is 0 Å². The topological polar surface area (TPSA) is 6.48 Å². The van der Waals surface area contributed by atoms with Crippen molar-refractivity contribution in [2.75, 3.05) is 9.80 Å². The fourth-order valence-corrected chi connectivity index (χ4v) is 6.59. The van der Waals surface area contributed by atoms with Crippen molar-refractivity contribution in [3.8, 4) is 0 Å². The van der Waals surface area contributed by atoms with Crippen molar-refractivity contribution < 1.29 is 0 Å². The van der Waals surface area contributed by atoms with Gasteiger partial charge in [0.15, 0.2) is 0 Å². The van der Waals surface area contributed by atoms with Crippen LogP contribution in [0.25, 0.3) is 0 Å². The first-order valence-electron chi connectivity index (χ1n) is 14.7. The quantitative estimate of drug-likeness (QED) is 0.207. The summed E-state index contributed by atoms with van der Waals surface area (Å²) in [5, 5.41) is 0. The molecule has 7 rings (SSSR count). The van der Waals surface area contributed by atoms with Gasteiger partial charge < -0.3 is 9.80 Å². The molecule has 0 spiro atoms. The Kier molecular flexibility index (Phi) is 5.73. The van der Waals surface area contributed by atoms with Crippen LogP contribution in [-0.4, -0.2) is 6.71 Å². The van der Waals surface area contributed by atoms with E-state index in [0.717, 1.165) is 0 Å². The van der Waals surface area contributed by atoms with Crippen LogP contribution >= 0.6 is 0 Å². The fraction of sp³-hybridized carbons (Fsp3) is 0.211. The molecule has 5 aromatic rings. The highest BCUT2D eigenvalue weighted by atomic mass is 15.2. The van der Waals surface area contributed by atoms with E-state index < -0.39 is 0 Å². The molecule has 0 bridgehead atoms. The van der Waals surface area contributed by atoms with Crippen LogP contribution in [0.2, 0.25) is 0 Å². The lowest BCUT2D eigenvalue weighted by atomic mass is 9.33. The molecule has 0 atom stereocenters. The minimum absolute atomic E-state index is 0.0491. The number of benzene rings is 5. The SMILES string of the molecule is CC(C)(C)c1ccc(N2c3cc(C(C)(C)C)ccc3B3c4ccccc4N(c4ccccc4)c4cccc2c43)cc1. The van der Waals surface area contributed by atoms with Gasteiger partial charge in [-0.15, -0.1) is 0 Å². The minimum Gasteiger partial charge on any atom is -0.311 e. The van der Waals surface area contributed by atoms with Crippen molar-refractivity contribution >= 4 is 57.2 Å². The van der Waals surface area contributed by atoms with Crippen LogP contribution in [0.15, 0.2) is 115 Å². The summed E-state index contributed by atoms with van der Waals surface area (Å²) in [5.41, 5.74) is 14.3. The Balaban J connectivity index is 1.53. The summed E-state index contributed by atoms with van der Waals surface area (Å²) < 4.78 is 0. The second-order valence-corrected chi connectivity index (χ2v) is 13.5. The molecule has 0 saturated carbocycles. The molecule has 0 saturated heterocycles. The van der Waals surface area contributed by atoms with Crippen molar-refractivity contribution in [1.82, 2.24) is 0 Å². The molecular weight excluding hydrogens is 495 g/mol. The van der Waals surface area contributed by atoms with Gasteiger partial charge in [-0.2, -0.15) is 0 Å². The summed E-state index contributed by atoms with van der Waals surface area (Å²) in [5.74, 6) is 0. The first kappa shape index (κ1) is 25.7. The molecule has 0 aromatic heterocycles. The maximum absolute atomic E-state index is 2.50. The smallest absolute Gasteiger partial charge is 0.252 e. The van der Waals surface area contributed by atoms with Gasteiger partial charge >= 0.3 is 0 Å². The molecule has 2 aliphatic heterocycles. The van der Waals surface area contributed by atoms with Gasteiger partial charge in [-0.25, -0.2) is 0 Å². The van der Waals surface area contributed by atoms with E-state index in [9.17, 15) is 0 Å². The molecule has 0 aliphatic carbocycles. The number of hydrogen-bond donors (Lipinski definition) is 0. The molecule has 3 heteroatoms. The number of rotatable bonds is 2. The molecular formula is C38H37BN2. The van der Waals surface area contributed by atoms with E-state index >= 15 is 0 Å². The summed E-state index contributed by atoms with van der Waals surface area (Å²) in [6.45, 7) is 13.9. The van der Waals surface area contributed by atoms with Gasteiger partial charge in [-0.05, 0) is 86.9 Å². The van der Waals surface area contributed by atoms with Gasteiger partial charge in [0.2, 0.25) is 0 Å². The summed E-state index contributed by atoms with van der Waals surface area (Å²) in [6, 6.07) is 43.0. The van der Waals surface area contributed by atoms with Crippen LogP contribution in [0.4, 0.5) is 34.1 Å². The molecule has 2 aliphatic rings. The van der Waals surface area contributed by atoms with Crippen molar-refractivity contribution in [3.63, 3.8) is 0 Å². The van der Waals surface area contributed by atoms with Gasteiger partial charge in [0, 0.05) is 34.1 Å². The molecule has 202 valence electrons. The minimum atomic E-state index is 0.0491. The summed E-state index contributed by atoms with van der Waals surface area (Å²) >= 11 is 0. The summed E-state index contributed by atoms with van der Waals surface area (Å²) in [7, 11) is 0. The predicted molar refractivity (Wildman–Crippen MR) is 178 cm³/mol. The molecule has 0 radical (unpaired) electrons. The van der Waals surface area contributed by atoms with E-state index in [1.807, 2.05) is 0 Å². The third-order valence-corrected chi connectivity index (χ3v) is 8.77. The molecule has 2 heterocycles. The standard InChI is InChI=1S/C38H37BN2/c1-37(2,3)26-19-22-29(23-20-26)41-34-18-12-17-33-36(34)39(31-24-21-27(25-35(31)41)38(4,5)6)30-15-10-11-16-32(30)40(33)28-13-8-7-9-14-28/h7-25H,1-6H3. The zero-order chi connectivity index (χ0) is 28.5. The Bertz CT molecular complexity index is 1760. The molecule has 41 heavy (non-hydrogen) atoms. The average Bonchev–Trinajstić information content (AvgIpc) is 2.96. The number of nitrogens with zero attached hydrogens (tertiary/aromatic N) is 2. The lowest BCUT2D eigenvalue weighted by Gasteiger charge is -2.44. The van der Waals surface area contributed by atoms with E-state index in [1.165, 1.54) is 61.6 Å². The van der Waals surface area contributed by atoms with Crippen LogP contribution in [-0.2, 0) is 10.8 Å². The second-order valence-electron chi connectivity index (χ2n) is 13.5. The third-order valence-electron chi connectivity index (χ3n) is 8.77. The largest absolute Gasteiger partial charge is 0.311 e. The van der Waals surface area contributed by atoms with Gasteiger partial charge in [-0.1, -0.05) is 108 Å². The lowest BCUT2D eigenvalue weighted by Crippen LogP contribution is -2.61. The van der Waals surface area contributed by atoms with Crippen LogP contribution < -0.4 is 26.2 Å². The molecule has 0 amide bonds. The third kappa shape index (κ3) is 4.10. The Labute approximate surface area is 245 Å². The highest BCUT2D eigenvalue weighted by molar-refractivity contribution is 7.00. The zero-order valence-corrected chi connectivity index (χ0v) is 24.9. The van der Waals surface area contributed by atoms with Crippen LogP contribution in [0.3, 0.4) is 0 Å². The van der Waals surface area contributed by atoms with Crippen LogP contribution in [0.5, 0.6) is 0 Å². The van der Waals surface area contributed by atoms with Gasteiger partial charge in [0.05, 0.1) is 0 Å². The Morgan fingerprint density at radius 3 is 1.61 bits per heavy atom. The van der Waals surface area contributed by atoms with E-state index in [0.29, 0.717) is 0 Å². The van der Waals surface area contributed by atoms with E-state index in [2.05, 4.69) is 167 Å². The highest BCUT2D eigenvalue weighted by Gasteiger charge is 2.43. The first-order chi connectivity index (χ1) is 19.6. The second kappa shape index (κ2) is 9.14. The molecule has 0 N–H and O–H groups in total. The number of hydrogen-bond acceptors (Lipinski definition) is 2. The van der Waals surface area contributed by atoms with Crippen molar-refractivity contribution in [3.05, 3.63) is 126 Å². The lowest BCUT2D eigenvalue weighted by molar-refractivity contribution is 0.590. The van der Waals surface area contributed by atoms with Crippen molar-refractivity contribution in [1.29, 1.82) is 0 Å². The normalized spacial score (nSPS) is 14.0. The maximum Gasteiger partial charge on any atom is 0.252 e. The van der Waals surface area contributed by atoms with E-state index in [4.69, 9.17) is 0 Å². The molecule has 0 fully saturated rings. The summed E-state index contributed by atoms with van der Waals surface area (Å²) in [4.78, 5) is 4.95. The van der Waals surface area contributed by atoms with E-state index in [1.54, 1.807) is 0 Å². The van der Waals surface area contributed by atoms with E-state index in [-0.39, 0.29) is 17.5 Å². The Hall–Kier alpha value is -4.24. The van der Waals surface area contributed by atoms with Crippen LogP contribution in [0, 0.1) is 0 Å². The van der Waals surface area contributed by atoms with Crippen LogP contribution in [0.1, 0.15) is 52.7 Å². The zero-order valence-electron chi connectivity index (χ0n) is 24.9. The first-order valence-corrected chi connectivity index (χ1v) is 14.7. The number of fused-ring (bicyclic) bond motifs is 4. The maximum atomic E-state index is 2.50.